The molecule has 0 unspecified atom stereocenters. The van der Waals surface area contributed by atoms with Gasteiger partial charge in [0.25, 0.3) is 0 Å². The molecule has 0 heterocycles. The normalized spacial score (nSPS) is 12.7. The molecule has 6 heteroatoms. The van der Waals surface area contributed by atoms with E-state index in [1.165, 1.54) is 0 Å². The van der Waals surface area contributed by atoms with Crippen molar-refractivity contribution in [3.63, 3.8) is 0 Å². The van der Waals surface area contributed by atoms with Crippen molar-refractivity contribution in [2.24, 2.45) is 0 Å². The Kier molecular flexibility index (Phi) is 8.55. The number of likely N-dealkylation sites (N-methyl/N-ethyl adjacent to an activating group) is 1. The van der Waals surface area contributed by atoms with Gasteiger partial charge in [-0.05, 0) is 40.7 Å². The zero-order chi connectivity index (χ0) is 13.3. The lowest BCUT2D eigenvalue weighted by Crippen LogP contribution is -2.32. The van der Waals surface area contributed by atoms with Gasteiger partial charge in [0.2, 0.25) is 0 Å². The summed E-state index contributed by atoms with van der Waals surface area (Å²) in [5, 5.41) is 3.22. The van der Waals surface area contributed by atoms with E-state index in [9.17, 15) is 13.2 Å². The van der Waals surface area contributed by atoms with Crippen LogP contribution < -0.4 is 5.32 Å². The number of nitrogens with zero attached hydrogens (tertiary/aromatic N) is 2. The van der Waals surface area contributed by atoms with Gasteiger partial charge in [0.05, 0.1) is 6.42 Å². The molecule has 0 saturated heterocycles. The summed E-state index contributed by atoms with van der Waals surface area (Å²) in [4.78, 5) is 3.81. The Morgan fingerprint density at radius 3 is 2.12 bits per heavy atom. The molecule has 0 bridgehead atoms. The minimum Gasteiger partial charge on any atom is -0.315 e. The molecule has 0 aliphatic rings. The summed E-state index contributed by atoms with van der Waals surface area (Å²) >= 11 is 0. The zero-order valence-corrected chi connectivity index (χ0v) is 11.0. The summed E-state index contributed by atoms with van der Waals surface area (Å²) in [6.07, 6.45) is -3.73. The Balaban J connectivity index is 3.31. The number of hydrogen-bond donors (Lipinski definition) is 1. The summed E-state index contributed by atoms with van der Waals surface area (Å²) in [6.45, 7) is 3.39. The first-order valence-electron chi connectivity index (χ1n) is 5.92. The molecule has 0 radical (unpaired) electrons. The van der Waals surface area contributed by atoms with Gasteiger partial charge in [-0.3, -0.25) is 0 Å². The lowest BCUT2D eigenvalue weighted by Gasteiger charge is -2.18. The highest BCUT2D eigenvalue weighted by Crippen LogP contribution is 2.19. The number of hydrogen-bond acceptors (Lipinski definition) is 3. The number of rotatable bonds is 9. The minimum absolute atomic E-state index is 0.0723. The Labute approximate surface area is 102 Å². The third-order valence-corrected chi connectivity index (χ3v) is 2.41. The Hall–Kier alpha value is -0.330. The van der Waals surface area contributed by atoms with Crippen molar-refractivity contribution < 1.29 is 13.2 Å². The molecule has 0 rings (SSSR count). The molecule has 104 valence electrons. The first-order valence-corrected chi connectivity index (χ1v) is 5.92. The molecule has 3 nitrogen and oxygen atoms in total. The average molecular weight is 255 g/mol. The lowest BCUT2D eigenvalue weighted by molar-refractivity contribution is -0.137. The van der Waals surface area contributed by atoms with Crippen LogP contribution in [0.4, 0.5) is 13.2 Å². The van der Waals surface area contributed by atoms with Gasteiger partial charge < -0.3 is 15.1 Å². The quantitative estimate of drug-likeness (QED) is 0.629. The summed E-state index contributed by atoms with van der Waals surface area (Å²) in [5.41, 5.74) is 0. The van der Waals surface area contributed by atoms with E-state index in [2.05, 4.69) is 10.2 Å². The summed E-state index contributed by atoms with van der Waals surface area (Å²) in [6, 6.07) is 0. The first kappa shape index (κ1) is 16.7. The van der Waals surface area contributed by atoms with Crippen molar-refractivity contribution >= 4 is 0 Å². The summed E-state index contributed by atoms with van der Waals surface area (Å²) in [7, 11) is 5.75. The van der Waals surface area contributed by atoms with Gasteiger partial charge >= 0.3 is 6.18 Å². The summed E-state index contributed by atoms with van der Waals surface area (Å²) in [5.74, 6) is 0. The van der Waals surface area contributed by atoms with Gasteiger partial charge in [0.1, 0.15) is 0 Å². The Morgan fingerprint density at radius 1 is 0.941 bits per heavy atom. The predicted octanol–water partition coefficient (Wildman–Crippen LogP) is 1.41. The van der Waals surface area contributed by atoms with Crippen molar-refractivity contribution in [2.75, 3.05) is 53.9 Å². The van der Waals surface area contributed by atoms with E-state index >= 15 is 0 Å². The predicted molar refractivity (Wildman–Crippen MR) is 64.2 cm³/mol. The van der Waals surface area contributed by atoms with E-state index in [0.717, 1.165) is 26.1 Å². The zero-order valence-electron chi connectivity index (χ0n) is 11.0. The second kappa shape index (κ2) is 8.72. The van der Waals surface area contributed by atoms with Crippen LogP contribution in [0.3, 0.4) is 0 Å². The van der Waals surface area contributed by atoms with Crippen LogP contribution in [-0.2, 0) is 0 Å². The maximum Gasteiger partial charge on any atom is 0.390 e. The molecule has 0 aromatic heterocycles. The molecular weight excluding hydrogens is 231 g/mol. The van der Waals surface area contributed by atoms with Gasteiger partial charge in [0, 0.05) is 19.6 Å². The molecule has 0 amide bonds. The monoisotopic (exact) mass is 255 g/mol. The molecule has 0 fully saturated rings. The van der Waals surface area contributed by atoms with Crippen LogP contribution >= 0.6 is 0 Å². The van der Waals surface area contributed by atoms with E-state index in [1.54, 1.807) is 11.9 Å². The smallest absolute Gasteiger partial charge is 0.315 e. The SMILES string of the molecule is CN(C)CCCNCCN(C)CCC(F)(F)F. The lowest BCUT2D eigenvalue weighted by atomic mass is 10.3. The Bertz CT molecular complexity index is 183. The van der Waals surface area contributed by atoms with Crippen molar-refractivity contribution in [3.05, 3.63) is 0 Å². The van der Waals surface area contributed by atoms with Crippen molar-refractivity contribution in [1.82, 2.24) is 15.1 Å². The van der Waals surface area contributed by atoms with Crippen LogP contribution in [0.25, 0.3) is 0 Å². The molecule has 0 aromatic carbocycles. The average Bonchev–Trinajstić information content (AvgIpc) is 2.19. The molecule has 0 aromatic rings. The largest absolute Gasteiger partial charge is 0.390 e. The third-order valence-electron chi connectivity index (χ3n) is 2.41. The van der Waals surface area contributed by atoms with Gasteiger partial charge in [-0.25, -0.2) is 0 Å². The van der Waals surface area contributed by atoms with Crippen LogP contribution in [0.1, 0.15) is 12.8 Å². The van der Waals surface area contributed by atoms with E-state index < -0.39 is 12.6 Å². The van der Waals surface area contributed by atoms with E-state index in [0.29, 0.717) is 6.54 Å². The fourth-order valence-corrected chi connectivity index (χ4v) is 1.34. The molecule has 0 atom stereocenters. The maximum absolute atomic E-state index is 11.9. The molecule has 0 aliphatic heterocycles. The van der Waals surface area contributed by atoms with E-state index in [4.69, 9.17) is 0 Å². The molecule has 1 N–H and O–H groups in total. The summed E-state index contributed by atoms with van der Waals surface area (Å²) < 4.78 is 35.8. The van der Waals surface area contributed by atoms with Crippen LogP contribution in [0, 0.1) is 0 Å². The highest BCUT2D eigenvalue weighted by atomic mass is 19.4. The maximum atomic E-state index is 11.9. The van der Waals surface area contributed by atoms with Crippen LogP contribution in [0.5, 0.6) is 0 Å². The number of nitrogens with one attached hydrogen (secondary N) is 1. The second-order valence-electron chi connectivity index (χ2n) is 4.58. The topological polar surface area (TPSA) is 18.5 Å². The highest BCUT2D eigenvalue weighted by molar-refractivity contribution is 4.59. The van der Waals surface area contributed by atoms with Crippen molar-refractivity contribution in [2.45, 2.75) is 19.0 Å². The van der Waals surface area contributed by atoms with Gasteiger partial charge in [-0.2, -0.15) is 13.2 Å². The molecule has 0 aliphatic carbocycles. The highest BCUT2D eigenvalue weighted by Gasteiger charge is 2.26. The molecule has 17 heavy (non-hydrogen) atoms. The molecule has 0 spiro atoms. The number of alkyl halides is 3. The van der Waals surface area contributed by atoms with Crippen LogP contribution in [0.15, 0.2) is 0 Å². The van der Waals surface area contributed by atoms with Gasteiger partial charge in [-0.1, -0.05) is 0 Å². The minimum atomic E-state index is -4.05. The molecule has 0 saturated carbocycles. The fourth-order valence-electron chi connectivity index (χ4n) is 1.34. The van der Waals surface area contributed by atoms with E-state index in [-0.39, 0.29) is 6.54 Å². The van der Waals surface area contributed by atoms with E-state index in [1.807, 2.05) is 14.1 Å². The van der Waals surface area contributed by atoms with Crippen molar-refractivity contribution in [1.29, 1.82) is 0 Å². The fraction of sp³-hybridized carbons (Fsp3) is 1.00. The third kappa shape index (κ3) is 13.6. The molecular formula is C11H24F3N3. The van der Waals surface area contributed by atoms with Crippen LogP contribution in [0.2, 0.25) is 0 Å². The van der Waals surface area contributed by atoms with Crippen molar-refractivity contribution in [3.8, 4) is 0 Å². The second-order valence-corrected chi connectivity index (χ2v) is 4.58. The number of halogens is 3. The van der Waals surface area contributed by atoms with Crippen LogP contribution in [-0.4, -0.2) is 69.8 Å². The van der Waals surface area contributed by atoms with Gasteiger partial charge in [0.15, 0.2) is 0 Å². The first-order chi connectivity index (χ1) is 7.81. The Morgan fingerprint density at radius 2 is 1.59 bits per heavy atom. The van der Waals surface area contributed by atoms with Gasteiger partial charge in [-0.15, -0.1) is 0 Å². The standard InChI is InChI=1S/C11H24F3N3/c1-16(2)8-4-6-15-7-10-17(3)9-5-11(12,13)14/h15H,4-10H2,1-3H3.